The molecule has 0 saturated carbocycles. The van der Waals surface area contributed by atoms with Crippen LogP contribution in [0.4, 0.5) is 0 Å². The van der Waals surface area contributed by atoms with Gasteiger partial charge in [0.1, 0.15) is 0 Å². The molecule has 2 heterocycles. The zero-order valence-corrected chi connectivity index (χ0v) is 26.7. The van der Waals surface area contributed by atoms with Gasteiger partial charge in [-0.3, -0.25) is 0 Å². The molecule has 0 unspecified atom stereocenters. The molecule has 0 aliphatic carbocycles. The predicted octanol–water partition coefficient (Wildman–Crippen LogP) is 10.8. The molecule has 0 spiro atoms. The van der Waals surface area contributed by atoms with Crippen molar-refractivity contribution in [1.29, 1.82) is 15.8 Å². The molecule has 0 fully saturated rings. The zero-order valence-electron chi connectivity index (χ0n) is 26.7. The topological polar surface area (TPSA) is 81.2 Å². The van der Waals surface area contributed by atoms with Crippen molar-refractivity contribution in [1.82, 2.24) is 9.13 Å². The fraction of sp³-hybridized carbons (Fsp3) is 0. The second kappa shape index (κ2) is 11.4. The maximum absolute atomic E-state index is 10.0. The Hall–Kier alpha value is -7.39. The average molecular weight is 636 g/mol. The third kappa shape index (κ3) is 4.38. The van der Waals surface area contributed by atoms with Gasteiger partial charge in [-0.15, -0.1) is 0 Å². The van der Waals surface area contributed by atoms with E-state index in [4.69, 9.17) is 0 Å². The SMILES string of the molecule is N#Cc1ccc(-c2ccc(-c3cccc(-n4c5ccccc5c5ccccc54)c3)cc2)c(-n2c3ccc(C#N)cc3c3c(C#N)cccc32)c1. The van der Waals surface area contributed by atoms with E-state index in [2.05, 4.69) is 124 Å². The first-order valence-electron chi connectivity index (χ1n) is 16.3. The van der Waals surface area contributed by atoms with Gasteiger partial charge < -0.3 is 9.13 Å². The number of fused-ring (bicyclic) bond motifs is 6. The lowest BCUT2D eigenvalue weighted by Gasteiger charge is -2.15. The normalized spacial score (nSPS) is 11.1. The monoisotopic (exact) mass is 635 g/mol. The van der Waals surface area contributed by atoms with Gasteiger partial charge in [0.25, 0.3) is 0 Å². The van der Waals surface area contributed by atoms with Crippen LogP contribution in [0.2, 0.25) is 0 Å². The Kier molecular flexibility index (Phi) is 6.56. The van der Waals surface area contributed by atoms with Gasteiger partial charge in [-0.1, -0.05) is 84.9 Å². The van der Waals surface area contributed by atoms with Gasteiger partial charge in [0.05, 0.1) is 62.7 Å². The van der Waals surface area contributed by atoms with E-state index in [1.54, 1.807) is 12.1 Å². The third-order valence-electron chi connectivity index (χ3n) is 9.62. The first-order chi connectivity index (χ1) is 24.7. The van der Waals surface area contributed by atoms with Crippen LogP contribution >= 0.6 is 0 Å². The van der Waals surface area contributed by atoms with Crippen LogP contribution in [0.5, 0.6) is 0 Å². The molecular formula is C45H25N5. The van der Waals surface area contributed by atoms with Crippen LogP contribution in [0.25, 0.3) is 77.2 Å². The zero-order chi connectivity index (χ0) is 33.8. The molecule has 0 bridgehead atoms. The molecule has 9 rings (SSSR count). The van der Waals surface area contributed by atoms with E-state index in [-0.39, 0.29) is 0 Å². The van der Waals surface area contributed by atoms with E-state index in [0.717, 1.165) is 55.4 Å². The van der Waals surface area contributed by atoms with Crippen molar-refractivity contribution in [2.24, 2.45) is 0 Å². The van der Waals surface area contributed by atoms with E-state index >= 15 is 0 Å². The van der Waals surface area contributed by atoms with Crippen molar-refractivity contribution in [2.75, 3.05) is 0 Å². The van der Waals surface area contributed by atoms with Gasteiger partial charge in [0, 0.05) is 32.8 Å². The molecule has 0 aliphatic heterocycles. The standard InChI is InChI=1S/C45H25N5/c46-26-29-16-22-42-39(23-29)45-34(28-48)8-6-14-43(45)50(42)44-24-30(27-47)15-21-36(44)32-19-17-31(18-20-32)33-7-5-9-35(25-33)49-40-12-3-1-10-37(40)38-11-2-4-13-41(38)49/h1-25H. The molecule has 5 nitrogen and oxygen atoms in total. The van der Waals surface area contributed by atoms with Gasteiger partial charge in [-0.2, -0.15) is 15.8 Å². The average Bonchev–Trinajstić information content (AvgIpc) is 3.70. The summed E-state index contributed by atoms with van der Waals surface area (Å²) in [7, 11) is 0. The molecule has 230 valence electrons. The van der Waals surface area contributed by atoms with E-state index in [9.17, 15) is 15.8 Å². The number of nitriles is 3. The number of hydrogen-bond acceptors (Lipinski definition) is 3. The molecule has 0 aliphatic rings. The first kappa shape index (κ1) is 28.8. The van der Waals surface area contributed by atoms with Crippen LogP contribution in [0.1, 0.15) is 16.7 Å². The van der Waals surface area contributed by atoms with Crippen molar-refractivity contribution >= 4 is 43.6 Å². The van der Waals surface area contributed by atoms with Crippen LogP contribution in [0, 0.1) is 34.0 Å². The Morgan fingerprint density at radius 1 is 0.400 bits per heavy atom. The van der Waals surface area contributed by atoms with Gasteiger partial charge in [0.2, 0.25) is 0 Å². The van der Waals surface area contributed by atoms with E-state index < -0.39 is 0 Å². The van der Waals surface area contributed by atoms with Gasteiger partial charge in [-0.05, 0) is 83.4 Å². The lowest BCUT2D eigenvalue weighted by molar-refractivity contribution is 1.18. The summed E-state index contributed by atoms with van der Waals surface area (Å²) in [6.07, 6.45) is 0. The Morgan fingerprint density at radius 2 is 1.02 bits per heavy atom. The summed E-state index contributed by atoms with van der Waals surface area (Å²) in [4.78, 5) is 0. The maximum Gasteiger partial charge on any atom is 0.0998 e. The quantitative estimate of drug-likeness (QED) is 0.193. The first-order valence-corrected chi connectivity index (χ1v) is 16.3. The third-order valence-corrected chi connectivity index (χ3v) is 9.62. The second-order valence-electron chi connectivity index (χ2n) is 12.3. The second-order valence-corrected chi connectivity index (χ2v) is 12.3. The summed E-state index contributed by atoms with van der Waals surface area (Å²) >= 11 is 0. The number of hydrogen-bond donors (Lipinski definition) is 0. The predicted molar refractivity (Wildman–Crippen MR) is 200 cm³/mol. The smallest absolute Gasteiger partial charge is 0.0998 e. The van der Waals surface area contributed by atoms with Gasteiger partial charge in [0.15, 0.2) is 0 Å². The van der Waals surface area contributed by atoms with Crippen LogP contribution in [-0.2, 0) is 0 Å². The van der Waals surface area contributed by atoms with E-state index in [1.165, 1.54) is 21.8 Å². The number of aromatic nitrogens is 2. The Morgan fingerprint density at radius 3 is 1.74 bits per heavy atom. The molecule has 7 aromatic carbocycles. The minimum absolute atomic E-state index is 0.521. The summed E-state index contributed by atoms with van der Waals surface area (Å²) in [5.41, 5.74) is 11.7. The van der Waals surface area contributed by atoms with Gasteiger partial charge in [-0.25, -0.2) is 0 Å². The summed E-state index contributed by atoms with van der Waals surface area (Å²) < 4.78 is 4.43. The van der Waals surface area contributed by atoms with E-state index in [0.29, 0.717) is 16.7 Å². The molecule has 9 aromatic rings. The minimum Gasteiger partial charge on any atom is -0.309 e. The fourth-order valence-electron chi connectivity index (χ4n) is 7.39. The fourth-order valence-corrected chi connectivity index (χ4v) is 7.39. The highest BCUT2D eigenvalue weighted by molar-refractivity contribution is 6.13. The van der Waals surface area contributed by atoms with Crippen molar-refractivity contribution < 1.29 is 0 Å². The lowest BCUT2D eigenvalue weighted by Crippen LogP contribution is -1.98. The van der Waals surface area contributed by atoms with Crippen LogP contribution < -0.4 is 0 Å². The Bertz CT molecular complexity index is 2900. The highest BCUT2D eigenvalue weighted by Crippen LogP contribution is 2.39. The molecule has 5 heteroatoms. The molecule has 0 radical (unpaired) electrons. The van der Waals surface area contributed by atoms with Crippen LogP contribution in [0.3, 0.4) is 0 Å². The van der Waals surface area contributed by atoms with Crippen molar-refractivity contribution in [2.45, 2.75) is 0 Å². The maximum atomic E-state index is 10.0. The van der Waals surface area contributed by atoms with Crippen molar-refractivity contribution in [3.63, 3.8) is 0 Å². The minimum atomic E-state index is 0.521. The van der Waals surface area contributed by atoms with Crippen LogP contribution in [-0.4, -0.2) is 9.13 Å². The van der Waals surface area contributed by atoms with Gasteiger partial charge >= 0.3 is 0 Å². The summed E-state index contributed by atoms with van der Waals surface area (Å²) in [5.74, 6) is 0. The number of nitrogens with zero attached hydrogens (tertiary/aromatic N) is 5. The number of para-hydroxylation sites is 2. The molecule has 50 heavy (non-hydrogen) atoms. The molecule has 2 aromatic heterocycles. The molecular weight excluding hydrogens is 611 g/mol. The summed E-state index contributed by atoms with van der Waals surface area (Å²) in [6.45, 7) is 0. The molecule has 0 atom stereocenters. The number of rotatable bonds is 4. The van der Waals surface area contributed by atoms with Crippen molar-refractivity contribution in [3.05, 3.63) is 168 Å². The largest absolute Gasteiger partial charge is 0.309 e. The molecule has 0 amide bonds. The summed E-state index contributed by atoms with van der Waals surface area (Å²) in [6, 6.07) is 58.0. The Labute approximate surface area is 287 Å². The Balaban J connectivity index is 1.18. The highest BCUT2D eigenvalue weighted by Gasteiger charge is 2.19. The molecule has 0 N–H and O–H groups in total. The lowest BCUT2D eigenvalue weighted by atomic mass is 9.97. The van der Waals surface area contributed by atoms with Crippen molar-refractivity contribution in [3.8, 4) is 51.8 Å². The number of benzene rings is 7. The summed E-state index contributed by atoms with van der Waals surface area (Å²) in [5, 5.41) is 33.7. The highest BCUT2D eigenvalue weighted by atomic mass is 15.0. The van der Waals surface area contributed by atoms with E-state index in [1.807, 2.05) is 42.5 Å². The molecule has 0 saturated heterocycles. The van der Waals surface area contributed by atoms with Crippen LogP contribution in [0.15, 0.2) is 152 Å².